The predicted molar refractivity (Wildman–Crippen MR) is 94.5 cm³/mol. The fourth-order valence-electron chi connectivity index (χ4n) is 3.77. The van der Waals surface area contributed by atoms with Crippen LogP contribution >= 0.6 is 0 Å². The van der Waals surface area contributed by atoms with E-state index >= 15 is 0 Å². The molecule has 22 heavy (non-hydrogen) atoms. The minimum atomic E-state index is 0.782. The molecular weight excluding hydrogens is 272 g/mol. The summed E-state index contributed by atoms with van der Waals surface area (Å²) in [6.45, 7) is 9.44. The lowest BCUT2D eigenvalue weighted by molar-refractivity contribution is 0.0982. The van der Waals surface area contributed by atoms with Gasteiger partial charge in [0.2, 0.25) is 0 Å². The molecule has 0 bridgehead atoms. The molecule has 122 valence electrons. The molecule has 4 nitrogen and oxygen atoms in total. The lowest BCUT2D eigenvalue weighted by Gasteiger charge is -2.42. The molecule has 0 aliphatic carbocycles. The molecule has 2 fully saturated rings. The number of nitrogens with two attached hydrogens (primary N) is 1. The van der Waals surface area contributed by atoms with Crippen LogP contribution in [0.3, 0.4) is 0 Å². The van der Waals surface area contributed by atoms with E-state index in [1.807, 2.05) is 0 Å². The molecule has 2 saturated heterocycles. The standard InChI is InChI=1S/C18H30N4/c1-3-15-14-17(4-5-18(15)19)21-8-6-16(7-9-21)22-12-10-20(2)11-13-22/h4-5,14,16H,3,6-13,19H2,1-2H3. The van der Waals surface area contributed by atoms with Gasteiger partial charge in [-0.1, -0.05) is 6.92 Å². The quantitative estimate of drug-likeness (QED) is 0.867. The summed E-state index contributed by atoms with van der Waals surface area (Å²) >= 11 is 0. The van der Waals surface area contributed by atoms with Gasteiger partial charge >= 0.3 is 0 Å². The molecule has 4 heteroatoms. The fraction of sp³-hybridized carbons (Fsp3) is 0.667. The van der Waals surface area contributed by atoms with E-state index in [1.165, 1.54) is 63.4 Å². The third-order valence-electron chi connectivity index (χ3n) is 5.39. The van der Waals surface area contributed by atoms with Crippen LogP contribution in [-0.4, -0.2) is 62.2 Å². The Balaban J connectivity index is 1.57. The number of aryl methyl sites for hydroxylation is 1. The Kier molecular flexibility index (Phi) is 4.89. The van der Waals surface area contributed by atoms with Crippen molar-refractivity contribution in [2.24, 2.45) is 0 Å². The van der Waals surface area contributed by atoms with Crippen LogP contribution in [0.5, 0.6) is 0 Å². The number of nitrogens with zero attached hydrogens (tertiary/aromatic N) is 3. The third-order valence-corrected chi connectivity index (χ3v) is 5.39. The first-order valence-electron chi connectivity index (χ1n) is 8.73. The lowest BCUT2D eigenvalue weighted by Crippen LogP contribution is -2.52. The fourth-order valence-corrected chi connectivity index (χ4v) is 3.77. The van der Waals surface area contributed by atoms with Gasteiger partial charge < -0.3 is 15.5 Å². The van der Waals surface area contributed by atoms with Crippen molar-refractivity contribution in [2.75, 3.05) is 56.9 Å². The summed E-state index contributed by atoms with van der Waals surface area (Å²) in [4.78, 5) is 7.68. The van der Waals surface area contributed by atoms with Gasteiger partial charge in [0.25, 0.3) is 0 Å². The Hall–Kier alpha value is -1.26. The van der Waals surface area contributed by atoms with Gasteiger partial charge in [-0.15, -0.1) is 0 Å². The number of nitrogen functional groups attached to an aromatic ring is 1. The largest absolute Gasteiger partial charge is 0.399 e. The van der Waals surface area contributed by atoms with Crippen LogP contribution in [0.25, 0.3) is 0 Å². The summed E-state index contributed by atoms with van der Waals surface area (Å²) in [6.07, 6.45) is 3.59. The Morgan fingerprint density at radius 3 is 2.36 bits per heavy atom. The summed E-state index contributed by atoms with van der Waals surface area (Å²) in [5, 5.41) is 0. The zero-order chi connectivity index (χ0) is 15.5. The number of piperidine rings is 1. The Morgan fingerprint density at radius 2 is 1.73 bits per heavy atom. The molecule has 0 aromatic heterocycles. The van der Waals surface area contributed by atoms with Gasteiger partial charge in [0.15, 0.2) is 0 Å². The van der Waals surface area contributed by atoms with Gasteiger partial charge in [0, 0.05) is 56.7 Å². The highest BCUT2D eigenvalue weighted by atomic mass is 15.3. The van der Waals surface area contributed by atoms with Crippen LogP contribution < -0.4 is 10.6 Å². The third kappa shape index (κ3) is 3.39. The average Bonchev–Trinajstić information content (AvgIpc) is 2.56. The van der Waals surface area contributed by atoms with Gasteiger partial charge in [0.1, 0.15) is 0 Å². The number of piperazine rings is 1. The van der Waals surface area contributed by atoms with E-state index in [9.17, 15) is 0 Å². The van der Waals surface area contributed by atoms with Crippen molar-refractivity contribution in [3.63, 3.8) is 0 Å². The first-order chi connectivity index (χ1) is 10.7. The number of rotatable bonds is 3. The average molecular weight is 302 g/mol. The van der Waals surface area contributed by atoms with Crippen LogP contribution in [0.1, 0.15) is 25.3 Å². The summed E-state index contributed by atoms with van der Waals surface area (Å²) in [6, 6.07) is 7.32. The first-order valence-corrected chi connectivity index (χ1v) is 8.73. The number of likely N-dealkylation sites (N-methyl/N-ethyl adjacent to an activating group) is 1. The molecular formula is C18H30N4. The number of hydrogen-bond donors (Lipinski definition) is 1. The van der Waals surface area contributed by atoms with Crippen molar-refractivity contribution >= 4 is 11.4 Å². The summed E-state index contributed by atoms with van der Waals surface area (Å²) in [5.41, 5.74) is 9.59. The molecule has 0 radical (unpaired) electrons. The van der Waals surface area contributed by atoms with E-state index in [2.05, 4.69) is 46.9 Å². The summed E-state index contributed by atoms with van der Waals surface area (Å²) in [5.74, 6) is 0. The highest BCUT2D eigenvalue weighted by Gasteiger charge is 2.26. The van der Waals surface area contributed by atoms with Gasteiger partial charge in [0.05, 0.1) is 0 Å². The van der Waals surface area contributed by atoms with Crippen molar-refractivity contribution in [3.05, 3.63) is 23.8 Å². The molecule has 2 aliphatic rings. The van der Waals surface area contributed by atoms with E-state index < -0.39 is 0 Å². The number of anilines is 2. The molecule has 0 atom stereocenters. The smallest absolute Gasteiger partial charge is 0.0370 e. The van der Waals surface area contributed by atoms with Crippen molar-refractivity contribution in [1.82, 2.24) is 9.80 Å². The second-order valence-corrected chi connectivity index (χ2v) is 6.79. The molecule has 2 heterocycles. The van der Waals surface area contributed by atoms with Crippen molar-refractivity contribution in [2.45, 2.75) is 32.2 Å². The zero-order valence-electron chi connectivity index (χ0n) is 14.1. The second-order valence-electron chi connectivity index (χ2n) is 6.79. The maximum Gasteiger partial charge on any atom is 0.0370 e. The van der Waals surface area contributed by atoms with Gasteiger partial charge in [-0.05, 0) is 50.1 Å². The molecule has 2 aliphatic heterocycles. The van der Waals surface area contributed by atoms with Crippen LogP contribution in [0, 0.1) is 0 Å². The molecule has 3 rings (SSSR count). The highest BCUT2D eigenvalue weighted by molar-refractivity contribution is 5.58. The van der Waals surface area contributed by atoms with Crippen molar-refractivity contribution in [1.29, 1.82) is 0 Å². The monoisotopic (exact) mass is 302 g/mol. The van der Waals surface area contributed by atoms with Crippen molar-refractivity contribution < 1.29 is 0 Å². The molecule has 2 N–H and O–H groups in total. The van der Waals surface area contributed by atoms with E-state index in [0.29, 0.717) is 0 Å². The van der Waals surface area contributed by atoms with Crippen molar-refractivity contribution in [3.8, 4) is 0 Å². The number of hydrogen-bond acceptors (Lipinski definition) is 4. The topological polar surface area (TPSA) is 35.7 Å². The molecule has 1 aromatic carbocycles. The molecule has 0 saturated carbocycles. The maximum absolute atomic E-state index is 6.03. The Morgan fingerprint density at radius 1 is 1.05 bits per heavy atom. The first kappa shape index (κ1) is 15.6. The van der Waals surface area contributed by atoms with Crippen LogP contribution in [0.2, 0.25) is 0 Å². The van der Waals surface area contributed by atoms with E-state index in [4.69, 9.17) is 5.73 Å². The lowest BCUT2D eigenvalue weighted by atomic mass is 10.0. The minimum Gasteiger partial charge on any atom is -0.399 e. The highest BCUT2D eigenvalue weighted by Crippen LogP contribution is 2.26. The van der Waals surface area contributed by atoms with Gasteiger partial charge in [-0.3, -0.25) is 4.90 Å². The molecule has 0 unspecified atom stereocenters. The predicted octanol–water partition coefficient (Wildman–Crippen LogP) is 2.05. The van der Waals surface area contributed by atoms with Crippen LogP contribution in [0.15, 0.2) is 18.2 Å². The van der Waals surface area contributed by atoms with Crippen LogP contribution in [-0.2, 0) is 6.42 Å². The Bertz CT molecular complexity index is 486. The van der Waals surface area contributed by atoms with E-state index in [-0.39, 0.29) is 0 Å². The minimum absolute atomic E-state index is 0.782. The molecule has 0 amide bonds. The maximum atomic E-state index is 6.03. The van der Waals surface area contributed by atoms with Gasteiger partial charge in [-0.25, -0.2) is 0 Å². The van der Waals surface area contributed by atoms with E-state index in [0.717, 1.165) is 18.2 Å². The number of benzene rings is 1. The SMILES string of the molecule is CCc1cc(N2CCC(N3CCN(C)CC3)CC2)ccc1N. The second kappa shape index (κ2) is 6.88. The van der Waals surface area contributed by atoms with Gasteiger partial charge in [-0.2, -0.15) is 0 Å². The normalized spacial score (nSPS) is 22.2. The summed E-state index contributed by atoms with van der Waals surface area (Å²) in [7, 11) is 2.23. The zero-order valence-corrected chi connectivity index (χ0v) is 14.1. The Labute approximate surface area is 134 Å². The molecule has 1 aromatic rings. The molecule has 0 spiro atoms. The van der Waals surface area contributed by atoms with E-state index in [1.54, 1.807) is 0 Å². The van der Waals surface area contributed by atoms with Crippen LogP contribution in [0.4, 0.5) is 11.4 Å². The summed E-state index contributed by atoms with van der Waals surface area (Å²) < 4.78 is 0.